The predicted octanol–water partition coefficient (Wildman–Crippen LogP) is 2.99. The Kier molecular flexibility index (Phi) is 5.05. The molecule has 3 nitrogen and oxygen atoms in total. The van der Waals surface area contributed by atoms with E-state index in [-0.39, 0.29) is 11.8 Å². The molecule has 0 fully saturated rings. The summed E-state index contributed by atoms with van der Waals surface area (Å²) in [7, 11) is 0. The Morgan fingerprint density at radius 3 is 2.75 bits per heavy atom. The van der Waals surface area contributed by atoms with Crippen molar-refractivity contribution in [1.29, 1.82) is 0 Å². The van der Waals surface area contributed by atoms with Gasteiger partial charge in [-0.25, -0.2) is 0 Å². The van der Waals surface area contributed by atoms with Crippen LogP contribution in [0.1, 0.15) is 39.2 Å². The molecule has 2 rings (SSSR count). The normalized spacial score (nSPS) is 17.4. The van der Waals surface area contributed by atoms with Crippen LogP contribution in [0.3, 0.4) is 0 Å². The first-order valence-corrected chi connectivity index (χ1v) is 7.79. The molecule has 0 saturated heterocycles. The number of carbonyl (C=O) groups excluding carboxylic acids is 1. The highest BCUT2D eigenvalue weighted by atomic mass is 16.1. The summed E-state index contributed by atoms with van der Waals surface area (Å²) in [6.07, 6.45) is 2.95. The van der Waals surface area contributed by atoms with Gasteiger partial charge in [0.15, 0.2) is 0 Å². The highest BCUT2D eigenvalue weighted by Crippen LogP contribution is 2.31. The zero-order chi connectivity index (χ0) is 14.5. The van der Waals surface area contributed by atoms with Crippen molar-refractivity contribution in [2.24, 2.45) is 5.92 Å². The number of nitrogens with zero attached hydrogens (tertiary/aromatic N) is 1. The molecule has 1 aromatic carbocycles. The summed E-state index contributed by atoms with van der Waals surface area (Å²) in [4.78, 5) is 14.4. The quantitative estimate of drug-likeness (QED) is 0.865. The van der Waals surface area contributed by atoms with Gasteiger partial charge in [0, 0.05) is 30.7 Å². The number of nitrogens with one attached hydrogen (secondary N) is 1. The van der Waals surface area contributed by atoms with E-state index in [0.717, 1.165) is 32.4 Å². The number of benzene rings is 1. The number of hydrogen-bond donors (Lipinski definition) is 1. The van der Waals surface area contributed by atoms with E-state index in [4.69, 9.17) is 0 Å². The van der Waals surface area contributed by atoms with Gasteiger partial charge in [-0.15, -0.1) is 0 Å². The summed E-state index contributed by atoms with van der Waals surface area (Å²) in [6, 6.07) is 9.10. The first-order valence-electron chi connectivity index (χ1n) is 7.79. The Morgan fingerprint density at radius 2 is 2.05 bits per heavy atom. The number of para-hydroxylation sites is 1. The van der Waals surface area contributed by atoms with Crippen molar-refractivity contribution in [3.8, 4) is 0 Å². The molecule has 1 amide bonds. The molecule has 0 aromatic heterocycles. The zero-order valence-corrected chi connectivity index (χ0v) is 12.9. The predicted molar refractivity (Wildman–Crippen MR) is 84.0 cm³/mol. The van der Waals surface area contributed by atoms with Gasteiger partial charge < -0.3 is 10.2 Å². The summed E-state index contributed by atoms with van der Waals surface area (Å²) >= 11 is 0. The van der Waals surface area contributed by atoms with E-state index in [2.05, 4.69) is 55.3 Å². The van der Waals surface area contributed by atoms with E-state index in [1.165, 1.54) is 11.3 Å². The number of amides is 1. The minimum atomic E-state index is 0.165. The molecule has 1 N–H and O–H groups in total. The van der Waals surface area contributed by atoms with Crippen LogP contribution in [0.25, 0.3) is 0 Å². The van der Waals surface area contributed by atoms with Crippen molar-refractivity contribution < 1.29 is 4.79 Å². The Balaban J connectivity index is 1.87. The van der Waals surface area contributed by atoms with E-state index in [1.54, 1.807) is 0 Å². The molecule has 1 aliphatic heterocycles. The third-order valence-corrected chi connectivity index (χ3v) is 4.36. The molecule has 1 atom stereocenters. The Bertz CT molecular complexity index is 454. The standard InChI is InChI=1S/C17H26N2O/c1-4-14(5-2)17(20)18-10-11-19-13(3)12-15-8-6-7-9-16(15)19/h6-9,13-14H,4-5,10-12H2,1-3H3,(H,18,20). The van der Waals surface area contributed by atoms with Gasteiger partial charge in [0.1, 0.15) is 0 Å². The van der Waals surface area contributed by atoms with Crippen molar-refractivity contribution >= 4 is 11.6 Å². The number of rotatable bonds is 6. The summed E-state index contributed by atoms with van der Waals surface area (Å²) in [6.45, 7) is 8.03. The van der Waals surface area contributed by atoms with Gasteiger partial charge >= 0.3 is 0 Å². The molecule has 0 aliphatic carbocycles. The molecule has 0 radical (unpaired) electrons. The van der Waals surface area contributed by atoms with E-state index in [0.29, 0.717) is 6.04 Å². The van der Waals surface area contributed by atoms with Gasteiger partial charge in [0.05, 0.1) is 0 Å². The van der Waals surface area contributed by atoms with Gasteiger partial charge in [-0.1, -0.05) is 32.0 Å². The molecule has 0 spiro atoms. The minimum absolute atomic E-state index is 0.165. The van der Waals surface area contributed by atoms with Gasteiger partial charge in [-0.2, -0.15) is 0 Å². The Morgan fingerprint density at radius 1 is 1.35 bits per heavy atom. The lowest BCUT2D eigenvalue weighted by Gasteiger charge is -2.25. The first-order chi connectivity index (χ1) is 9.67. The van der Waals surface area contributed by atoms with Crippen molar-refractivity contribution in [2.75, 3.05) is 18.0 Å². The van der Waals surface area contributed by atoms with Crippen LogP contribution in [0.2, 0.25) is 0 Å². The van der Waals surface area contributed by atoms with Crippen LogP contribution in [0.5, 0.6) is 0 Å². The first kappa shape index (κ1) is 14.9. The van der Waals surface area contributed by atoms with Crippen molar-refractivity contribution in [2.45, 2.75) is 46.1 Å². The Labute approximate surface area is 122 Å². The molecule has 20 heavy (non-hydrogen) atoms. The lowest BCUT2D eigenvalue weighted by atomic mass is 10.0. The van der Waals surface area contributed by atoms with Gasteiger partial charge in [-0.05, 0) is 37.8 Å². The third-order valence-electron chi connectivity index (χ3n) is 4.36. The van der Waals surface area contributed by atoms with Crippen molar-refractivity contribution in [3.05, 3.63) is 29.8 Å². The maximum atomic E-state index is 12.0. The maximum Gasteiger partial charge on any atom is 0.223 e. The number of fused-ring (bicyclic) bond motifs is 1. The molecule has 0 bridgehead atoms. The monoisotopic (exact) mass is 274 g/mol. The van der Waals surface area contributed by atoms with Crippen LogP contribution in [0, 0.1) is 5.92 Å². The van der Waals surface area contributed by atoms with Gasteiger partial charge in [-0.3, -0.25) is 4.79 Å². The van der Waals surface area contributed by atoms with Crippen LogP contribution in [0.4, 0.5) is 5.69 Å². The fourth-order valence-corrected chi connectivity index (χ4v) is 3.07. The average Bonchev–Trinajstić information content (AvgIpc) is 2.76. The molecule has 1 aromatic rings. The second-order valence-electron chi connectivity index (χ2n) is 5.68. The third kappa shape index (κ3) is 3.14. The molecular weight excluding hydrogens is 248 g/mol. The highest BCUT2D eigenvalue weighted by Gasteiger charge is 2.25. The molecule has 1 heterocycles. The van der Waals surface area contributed by atoms with Crippen LogP contribution >= 0.6 is 0 Å². The van der Waals surface area contributed by atoms with E-state index >= 15 is 0 Å². The van der Waals surface area contributed by atoms with E-state index in [9.17, 15) is 4.79 Å². The van der Waals surface area contributed by atoms with Crippen LogP contribution in [-0.4, -0.2) is 25.0 Å². The summed E-state index contributed by atoms with van der Waals surface area (Å²) in [5, 5.41) is 3.08. The summed E-state index contributed by atoms with van der Waals surface area (Å²) < 4.78 is 0. The fraction of sp³-hybridized carbons (Fsp3) is 0.588. The highest BCUT2D eigenvalue weighted by molar-refractivity contribution is 5.78. The molecule has 0 saturated carbocycles. The van der Waals surface area contributed by atoms with Crippen LogP contribution in [-0.2, 0) is 11.2 Å². The number of carbonyl (C=O) groups is 1. The molecule has 3 heteroatoms. The number of anilines is 1. The number of hydrogen-bond acceptors (Lipinski definition) is 2. The SMILES string of the molecule is CCC(CC)C(=O)NCCN1c2ccccc2CC1C. The van der Waals surface area contributed by atoms with Gasteiger partial charge in [0.25, 0.3) is 0 Å². The zero-order valence-electron chi connectivity index (χ0n) is 12.9. The molecule has 1 unspecified atom stereocenters. The second kappa shape index (κ2) is 6.78. The van der Waals surface area contributed by atoms with E-state index < -0.39 is 0 Å². The summed E-state index contributed by atoms with van der Waals surface area (Å²) in [5.74, 6) is 0.369. The topological polar surface area (TPSA) is 32.3 Å². The fourth-order valence-electron chi connectivity index (χ4n) is 3.07. The average molecular weight is 274 g/mol. The minimum Gasteiger partial charge on any atom is -0.367 e. The van der Waals surface area contributed by atoms with Crippen LogP contribution < -0.4 is 10.2 Å². The maximum absolute atomic E-state index is 12.0. The smallest absolute Gasteiger partial charge is 0.223 e. The van der Waals surface area contributed by atoms with Crippen molar-refractivity contribution in [1.82, 2.24) is 5.32 Å². The van der Waals surface area contributed by atoms with Crippen LogP contribution in [0.15, 0.2) is 24.3 Å². The molecular formula is C17H26N2O. The Hall–Kier alpha value is -1.51. The molecule has 110 valence electrons. The lowest BCUT2D eigenvalue weighted by Crippen LogP contribution is -2.39. The van der Waals surface area contributed by atoms with Crippen molar-refractivity contribution in [3.63, 3.8) is 0 Å². The van der Waals surface area contributed by atoms with Gasteiger partial charge in [0.2, 0.25) is 5.91 Å². The second-order valence-corrected chi connectivity index (χ2v) is 5.68. The lowest BCUT2D eigenvalue weighted by molar-refractivity contribution is -0.125. The van der Waals surface area contributed by atoms with E-state index in [1.807, 2.05) is 0 Å². The largest absolute Gasteiger partial charge is 0.367 e. The molecule has 1 aliphatic rings. The summed E-state index contributed by atoms with van der Waals surface area (Å²) in [5.41, 5.74) is 2.75.